The highest BCUT2D eigenvalue weighted by atomic mass is 32.2. The summed E-state index contributed by atoms with van der Waals surface area (Å²) < 4.78 is 44.7. The lowest BCUT2D eigenvalue weighted by Gasteiger charge is -2.16. The lowest BCUT2D eigenvalue weighted by molar-refractivity contribution is -0.142. The fourth-order valence-electron chi connectivity index (χ4n) is 2.17. The Hall–Kier alpha value is -2.85. The molecule has 2 N–H and O–H groups in total. The fourth-order valence-corrected chi connectivity index (χ4v) is 3.39. The fraction of sp³-hybridized carbons (Fsp3) is 0.235. The zero-order valence-corrected chi connectivity index (χ0v) is 15.1. The first-order chi connectivity index (χ1) is 12.7. The first-order valence-electron chi connectivity index (χ1n) is 7.73. The van der Waals surface area contributed by atoms with Gasteiger partial charge in [-0.2, -0.15) is 0 Å². The Morgan fingerprint density at radius 1 is 1.30 bits per heavy atom. The second kappa shape index (κ2) is 8.69. The molecule has 1 amide bonds. The Kier molecular flexibility index (Phi) is 6.59. The van der Waals surface area contributed by atoms with Crippen LogP contribution in [0.5, 0.6) is 0 Å². The van der Waals surface area contributed by atoms with E-state index in [2.05, 4.69) is 4.98 Å². The molecule has 1 aromatic heterocycles. The van der Waals surface area contributed by atoms with Gasteiger partial charge in [-0.3, -0.25) is 14.6 Å². The number of pyridine rings is 1. The van der Waals surface area contributed by atoms with E-state index >= 15 is 0 Å². The van der Waals surface area contributed by atoms with Crippen LogP contribution in [-0.2, 0) is 26.2 Å². The highest BCUT2D eigenvalue weighted by Crippen LogP contribution is 2.22. The number of aromatic nitrogens is 1. The van der Waals surface area contributed by atoms with Crippen molar-refractivity contribution in [1.82, 2.24) is 9.71 Å². The molecular weight excluding hydrogens is 379 g/mol. The van der Waals surface area contributed by atoms with E-state index in [4.69, 9.17) is 4.74 Å². The second-order valence-corrected chi connectivity index (χ2v) is 7.38. The number of nitrogens with zero attached hydrogens (tertiary/aromatic N) is 1. The Morgan fingerprint density at radius 2 is 2.04 bits per heavy atom. The molecule has 0 fully saturated rings. The van der Waals surface area contributed by atoms with Crippen molar-refractivity contribution in [3.05, 3.63) is 65.2 Å². The zero-order chi connectivity index (χ0) is 20.0. The van der Waals surface area contributed by atoms with Crippen molar-refractivity contribution in [3.8, 4) is 0 Å². The molecule has 2 aromatic rings. The Morgan fingerprint density at radius 3 is 2.59 bits per heavy atom. The minimum atomic E-state index is -4.33. The number of sulfonamides is 1. The number of benzene rings is 1. The van der Waals surface area contributed by atoms with E-state index in [1.165, 1.54) is 31.2 Å². The molecule has 10 heteroatoms. The molecule has 0 aliphatic carbocycles. The van der Waals surface area contributed by atoms with Crippen molar-refractivity contribution in [3.63, 3.8) is 0 Å². The standard InChI is InChI=1S/C17H17FN2O6S/c1-11(22)26-10-15-6-5-13(8-19-15)17(23)20-27(24,25)16(9-21)12-3-2-4-14(18)7-12/h2-8,16,21H,9-10H2,1H3,(H,20,23). The third-order valence-electron chi connectivity index (χ3n) is 3.51. The summed E-state index contributed by atoms with van der Waals surface area (Å²) >= 11 is 0. The predicted octanol–water partition coefficient (Wildman–Crippen LogP) is 1.08. The highest BCUT2D eigenvalue weighted by Gasteiger charge is 2.29. The number of halogens is 1. The smallest absolute Gasteiger partial charge is 0.303 e. The number of amides is 1. The van der Waals surface area contributed by atoms with Crippen molar-refractivity contribution < 1.29 is 32.2 Å². The average molecular weight is 396 g/mol. The summed E-state index contributed by atoms with van der Waals surface area (Å²) in [5.74, 6) is -2.12. The van der Waals surface area contributed by atoms with Crippen LogP contribution in [0, 0.1) is 5.82 Å². The summed E-state index contributed by atoms with van der Waals surface area (Å²) in [5.41, 5.74) is 0.325. The third-order valence-corrected chi connectivity index (χ3v) is 5.15. The van der Waals surface area contributed by atoms with Gasteiger partial charge in [0.15, 0.2) is 0 Å². The van der Waals surface area contributed by atoms with Crippen LogP contribution in [-0.4, -0.2) is 37.0 Å². The van der Waals surface area contributed by atoms with Crippen LogP contribution in [0.4, 0.5) is 4.39 Å². The van der Waals surface area contributed by atoms with Gasteiger partial charge in [-0.25, -0.2) is 17.5 Å². The van der Waals surface area contributed by atoms with Crippen molar-refractivity contribution in [2.75, 3.05) is 6.61 Å². The minimum absolute atomic E-state index is 0.00709. The predicted molar refractivity (Wildman–Crippen MR) is 92.3 cm³/mol. The number of rotatable bonds is 7. The van der Waals surface area contributed by atoms with Gasteiger partial charge in [-0.05, 0) is 29.8 Å². The number of carbonyl (C=O) groups is 2. The van der Waals surface area contributed by atoms with Gasteiger partial charge in [0.25, 0.3) is 5.91 Å². The Balaban J connectivity index is 2.14. The molecule has 0 saturated heterocycles. The summed E-state index contributed by atoms with van der Waals surface area (Å²) in [6, 6.07) is 7.45. The normalized spacial score (nSPS) is 12.3. The van der Waals surface area contributed by atoms with Gasteiger partial charge >= 0.3 is 5.97 Å². The monoisotopic (exact) mass is 396 g/mol. The third kappa shape index (κ3) is 5.56. The first kappa shape index (κ1) is 20.5. The number of hydrogen-bond donors (Lipinski definition) is 2. The van der Waals surface area contributed by atoms with Crippen LogP contribution in [0.15, 0.2) is 42.6 Å². The van der Waals surface area contributed by atoms with E-state index in [0.717, 1.165) is 18.3 Å². The quantitative estimate of drug-likeness (QED) is 0.671. The first-order valence-corrected chi connectivity index (χ1v) is 9.28. The van der Waals surface area contributed by atoms with E-state index < -0.39 is 39.6 Å². The molecule has 2 rings (SSSR count). The van der Waals surface area contributed by atoms with Crippen molar-refractivity contribution in [2.24, 2.45) is 0 Å². The summed E-state index contributed by atoms with van der Waals surface area (Å²) in [6.45, 7) is 0.316. The van der Waals surface area contributed by atoms with E-state index in [9.17, 15) is 27.5 Å². The molecule has 0 saturated carbocycles. The average Bonchev–Trinajstić information content (AvgIpc) is 2.60. The lowest BCUT2D eigenvalue weighted by atomic mass is 10.1. The largest absolute Gasteiger partial charge is 0.459 e. The molecule has 1 unspecified atom stereocenters. The molecule has 0 radical (unpaired) electrons. The number of nitrogens with one attached hydrogen (secondary N) is 1. The van der Waals surface area contributed by atoms with Crippen LogP contribution in [0.3, 0.4) is 0 Å². The van der Waals surface area contributed by atoms with Gasteiger partial charge in [-0.1, -0.05) is 12.1 Å². The molecule has 27 heavy (non-hydrogen) atoms. The van der Waals surface area contributed by atoms with Gasteiger partial charge in [0.1, 0.15) is 17.7 Å². The molecular formula is C17H17FN2O6S. The molecule has 0 bridgehead atoms. The van der Waals surface area contributed by atoms with Gasteiger partial charge in [0.05, 0.1) is 17.9 Å². The number of aliphatic hydroxyl groups excluding tert-OH is 1. The minimum Gasteiger partial charge on any atom is -0.459 e. The van der Waals surface area contributed by atoms with Crippen LogP contribution in [0.25, 0.3) is 0 Å². The molecule has 1 atom stereocenters. The highest BCUT2D eigenvalue weighted by molar-refractivity contribution is 7.90. The van der Waals surface area contributed by atoms with E-state index in [1.54, 1.807) is 0 Å². The van der Waals surface area contributed by atoms with Crippen LogP contribution < -0.4 is 4.72 Å². The van der Waals surface area contributed by atoms with Crippen molar-refractivity contribution >= 4 is 21.9 Å². The SMILES string of the molecule is CC(=O)OCc1ccc(C(=O)NS(=O)(=O)C(CO)c2cccc(F)c2)cn1. The summed E-state index contributed by atoms with van der Waals surface area (Å²) in [4.78, 5) is 26.8. The molecule has 0 spiro atoms. The Bertz CT molecular complexity index is 931. The molecule has 1 aromatic carbocycles. The van der Waals surface area contributed by atoms with Crippen LogP contribution in [0.1, 0.15) is 33.8 Å². The maximum atomic E-state index is 13.3. The maximum Gasteiger partial charge on any atom is 0.303 e. The number of esters is 1. The number of ether oxygens (including phenoxy) is 1. The molecule has 0 aliphatic rings. The molecule has 0 aliphatic heterocycles. The van der Waals surface area contributed by atoms with Gasteiger partial charge in [-0.15, -0.1) is 0 Å². The van der Waals surface area contributed by atoms with Crippen molar-refractivity contribution in [1.29, 1.82) is 0 Å². The summed E-state index contributed by atoms with van der Waals surface area (Å²) in [5, 5.41) is 7.90. The zero-order valence-electron chi connectivity index (χ0n) is 14.3. The maximum absolute atomic E-state index is 13.3. The molecule has 8 nitrogen and oxygen atoms in total. The van der Waals surface area contributed by atoms with E-state index in [1.807, 2.05) is 4.72 Å². The van der Waals surface area contributed by atoms with Gasteiger partial charge < -0.3 is 9.84 Å². The Labute approximate surface area is 155 Å². The van der Waals surface area contributed by atoms with Gasteiger partial charge in [0, 0.05) is 13.1 Å². The summed E-state index contributed by atoms with van der Waals surface area (Å²) in [6.07, 6.45) is 1.12. The summed E-state index contributed by atoms with van der Waals surface area (Å²) in [7, 11) is -4.33. The molecule has 144 valence electrons. The van der Waals surface area contributed by atoms with Gasteiger partial charge in [0.2, 0.25) is 10.0 Å². The topological polar surface area (TPSA) is 123 Å². The van der Waals surface area contributed by atoms with E-state index in [-0.39, 0.29) is 17.7 Å². The second-order valence-electron chi connectivity index (χ2n) is 5.52. The number of aliphatic hydroxyl groups is 1. The van der Waals surface area contributed by atoms with Crippen LogP contribution >= 0.6 is 0 Å². The van der Waals surface area contributed by atoms with Crippen molar-refractivity contribution in [2.45, 2.75) is 18.8 Å². The van der Waals surface area contributed by atoms with E-state index in [0.29, 0.717) is 5.69 Å². The molecule has 1 heterocycles. The number of carbonyl (C=O) groups excluding carboxylic acids is 2. The lowest BCUT2D eigenvalue weighted by Crippen LogP contribution is -2.36. The van der Waals surface area contributed by atoms with Crippen LogP contribution in [0.2, 0.25) is 0 Å². The number of hydrogen-bond acceptors (Lipinski definition) is 7.